The van der Waals surface area contributed by atoms with E-state index in [-0.39, 0.29) is 23.7 Å². The Hall–Kier alpha value is -2.40. The van der Waals surface area contributed by atoms with E-state index in [9.17, 15) is 9.18 Å². The number of hydrogen-bond acceptors (Lipinski definition) is 3. The molecule has 0 bridgehead atoms. The Bertz CT molecular complexity index is 733. The van der Waals surface area contributed by atoms with Crippen molar-refractivity contribution in [1.82, 2.24) is 10.2 Å². The molecule has 0 aliphatic carbocycles. The van der Waals surface area contributed by atoms with Crippen molar-refractivity contribution < 1.29 is 13.9 Å². The van der Waals surface area contributed by atoms with Crippen LogP contribution in [0.1, 0.15) is 30.0 Å². The van der Waals surface area contributed by atoms with Crippen molar-refractivity contribution in [2.45, 2.75) is 18.9 Å². The quantitative estimate of drug-likeness (QED) is 0.928. The molecule has 1 amide bonds. The Morgan fingerprint density at radius 1 is 1.28 bits per heavy atom. The molecule has 0 saturated carbocycles. The summed E-state index contributed by atoms with van der Waals surface area (Å²) in [5.74, 6) is 0.280. The van der Waals surface area contributed by atoms with Crippen molar-refractivity contribution in [2.24, 2.45) is 0 Å². The smallest absolute Gasteiger partial charge is 0.230 e. The van der Waals surface area contributed by atoms with Gasteiger partial charge in [0.1, 0.15) is 11.6 Å². The largest absolute Gasteiger partial charge is 0.497 e. The van der Waals surface area contributed by atoms with Gasteiger partial charge in [-0.1, -0.05) is 24.3 Å². The Morgan fingerprint density at radius 2 is 2.04 bits per heavy atom. The van der Waals surface area contributed by atoms with Gasteiger partial charge in [-0.05, 0) is 42.3 Å². The summed E-state index contributed by atoms with van der Waals surface area (Å²) in [6.45, 7) is 3.90. The Balaban J connectivity index is 1.82. The number of amides is 1. The van der Waals surface area contributed by atoms with Crippen molar-refractivity contribution in [3.8, 4) is 5.75 Å². The van der Waals surface area contributed by atoms with Gasteiger partial charge in [0, 0.05) is 19.6 Å². The van der Waals surface area contributed by atoms with Crippen molar-refractivity contribution in [1.29, 1.82) is 0 Å². The number of benzene rings is 2. The van der Waals surface area contributed by atoms with E-state index in [0.29, 0.717) is 13.1 Å². The zero-order chi connectivity index (χ0) is 17.8. The molecule has 4 nitrogen and oxygen atoms in total. The predicted molar refractivity (Wildman–Crippen MR) is 95.1 cm³/mol. The summed E-state index contributed by atoms with van der Waals surface area (Å²) in [5.41, 5.74) is 1.77. The van der Waals surface area contributed by atoms with Crippen LogP contribution in [-0.4, -0.2) is 37.6 Å². The van der Waals surface area contributed by atoms with Crippen LogP contribution in [0.5, 0.6) is 5.75 Å². The molecule has 0 spiro atoms. The molecule has 1 fully saturated rings. The zero-order valence-electron chi connectivity index (χ0n) is 14.5. The minimum atomic E-state index is -0.279. The molecule has 2 aromatic carbocycles. The first-order valence-corrected chi connectivity index (χ1v) is 8.50. The second-order valence-electron chi connectivity index (χ2n) is 6.30. The Labute approximate surface area is 147 Å². The summed E-state index contributed by atoms with van der Waals surface area (Å²) in [7, 11) is 1.62. The predicted octanol–water partition coefficient (Wildman–Crippen LogP) is 3.11. The monoisotopic (exact) mass is 342 g/mol. The van der Waals surface area contributed by atoms with Crippen molar-refractivity contribution in [3.05, 3.63) is 65.5 Å². The third-order valence-corrected chi connectivity index (χ3v) is 4.75. The fourth-order valence-electron chi connectivity index (χ4n) is 3.26. The topological polar surface area (TPSA) is 41.6 Å². The number of nitrogens with zero attached hydrogens (tertiary/aromatic N) is 1. The van der Waals surface area contributed by atoms with Crippen LogP contribution in [0.4, 0.5) is 4.39 Å². The molecule has 5 heteroatoms. The normalized spacial score (nSPS) is 18.7. The van der Waals surface area contributed by atoms with Gasteiger partial charge in [0.15, 0.2) is 0 Å². The molecule has 0 aromatic heterocycles. The van der Waals surface area contributed by atoms with Gasteiger partial charge in [0.05, 0.1) is 19.1 Å². The van der Waals surface area contributed by atoms with E-state index in [2.05, 4.69) is 5.32 Å². The molecule has 1 aliphatic heterocycles. The number of hydrogen-bond donors (Lipinski definition) is 1. The third-order valence-electron chi connectivity index (χ3n) is 4.75. The molecular formula is C20H23FN2O2. The number of methoxy groups -OCH3 is 1. The Kier molecular flexibility index (Phi) is 5.34. The number of carbonyl (C=O) groups is 1. The number of carbonyl (C=O) groups excluding carboxylic acids is 1. The maximum absolute atomic E-state index is 13.6. The number of rotatable bonds is 4. The highest BCUT2D eigenvalue weighted by Crippen LogP contribution is 2.28. The summed E-state index contributed by atoms with van der Waals surface area (Å²) in [6.07, 6.45) is 0. The lowest BCUT2D eigenvalue weighted by Gasteiger charge is -2.38. The third kappa shape index (κ3) is 3.82. The zero-order valence-corrected chi connectivity index (χ0v) is 14.5. The lowest BCUT2D eigenvalue weighted by molar-refractivity contribution is -0.135. The fourth-order valence-corrected chi connectivity index (χ4v) is 3.26. The molecule has 1 saturated heterocycles. The first-order chi connectivity index (χ1) is 12.1. The van der Waals surface area contributed by atoms with Gasteiger partial charge in [-0.25, -0.2) is 4.39 Å². The summed E-state index contributed by atoms with van der Waals surface area (Å²) >= 11 is 0. The van der Waals surface area contributed by atoms with Gasteiger partial charge in [0.25, 0.3) is 0 Å². The standard InChI is InChI=1S/C20H23FN2O2/c1-14(15-6-8-18(25-2)9-7-15)20(24)23-11-10-22-13-19(23)16-4-3-5-17(21)12-16/h3-9,12,14,19,22H,10-11,13H2,1-2H3. The number of ether oxygens (including phenoxy) is 1. The molecule has 3 rings (SSSR count). The molecule has 2 aromatic rings. The second-order valence-corrected chi connectivity index (χ2v) is 6.30. The molecule has 0 radical (unpaired) electrons. The molecular weight excluding hydrogens is 319 g/mol. The van der Waals surface area contributed by atoms with Gasteiger partial charge in [0.2, 0.25) is 5.91 Å². The highest BCUT2D eigenvalue weighted by molar-refractivity contribution is 5.84. The lowest BCUT2D eigenvalue weighted by atomic mass is 9.96. The second kappa shape index (κ2) is 7.66. The van der Waals surface area contributed by atoms with Crippen LogP contribution >= 0.6 is 0 Å². The first kappa shape index (κ1) is 17.4. The number of nitrogens with one attached hydrogen (secondary N) is 1. The molecule has 2 unspecified atom stereocenters. The fraction of sp³-hybridized carbons (Fsp3) is 0.350. The summed E-state index contributed by atoms with van der Waals surface area (Å²) in [5, 5.41) is 3.30. The van der Waals surface area contributed by atoms with Crippen LogP contribution in [0.3, 0.4) is 0 Å². The van der Waals surface area contributed by atoms with Crippen molar-refractivity contribution >= 4 is 5.91 Å². The minimum Gasteiger partial charge on any atom is -0.497 e. The van der Waals surface area contributed by atoms with Crippen LogP contribution in [0.15, 0.2) is 48.5 Å². The van der Waals surface area contributed by atoms with Crippen LogP contribution < -0.4 is 10.1 Å². The molecule has 1 aliphatic rings. The highest BCUT2D eigenvalue weighted by atomic mass is 19.1. The van der Waals surface area contributed by atoms with Crippen LogP contribution in [0.2, 0.25) is 0 Å². The van der Waals surface area contributed by atoms with E-state index in [1.165, 1.54) is 12.1 Å². The molecule has 1 N–H and O–H groups in total. The number of piperazine rings is 1. The maximum Gasteiger partial charge on any atom is 0.230 e. The molecule has 25 heavy (non-hydrogen) atoms. The molecule has 132 valence electrons. The summed E-state index contributed by atoms with van der Waals surface area (Å²) in [4.78, 5) is 15.0. The van der Waals surface area contributed by atoms with E-state index >= 15 is 0 Å². The SMILES string of the molecule is COc1ccc(C(C)C(=O)N2CCNCC2c2cccc(F)c2)cc1. The van der Waals surface area contributed by atoms with Crippen LogP contribution in [0, 0.1) is 5.82 Å². The van der Waals surface area contributed by atoms with Gasteiger partial charge in [-0.3, -0.25) is 4.79 Å². The molecule has 1 heterocycles. The van der Waals surface area contributed by atoms with E-state index < -0.39 is 0 Å². The maximum atomic E-state index is 13.6. The van der Waals surface area contributed by atoms with Crippen LogP contribution in [0.25, 0.3) is 0 Å². The van der Waals surface area contributed by atoms with Gasteiger partial charge in [-0.2, -0.15) is 0 Å². The van der Waals surface area contributed by atoms with E-state index in [1.807, 2.05) is 42.2 Å². The Morgan fingerprint density at radius 3 is 2.72 bits per heavy atom. The highest BCUT2D eigenvalue weighted by Gasteiger charge is 2.31. The van der Waals surface area contributed by atoms with Crippen molar-refractivity contribution in [3.63, 3.8) is 0 Å². The number of halogens is 1. The average molecular weight is 342 g/mol. The van der Waals surface area contributed by atoms with Gasteiger partial charge < -0.3 is 15.0 Å². The first-order valence-electron chi connectivity index (χ1n) is 8.50. The van der Waals surface area contributed by atoms with E-state index in [0.717, 1.165) is 23.4 Å². The lowest BCUT2D eigenvalue weighted by Crippen LogP contribution is -2.49. The van der Waals surface area contributed by atoms with E-state index in [1.54, 1.807) is 13.2 Å². The van der Waals surface area contributed by atoms with Gasteiger partial charge in [-0.15, -0.1) is 0 Å². The van der Waals surface area contributed by atoms with Crippen LogP contribution in [-0.2, 0) is 4.79 Å². The van der Waals surface area contributed by atoms with E-state index in [4.69, 9.17) is 4.74 Å². The minimum absolute atomic E-state index is 0.0564. The van der Waals surface area contributed by atoms with Crippen molar-refractivity contribution in [2.75, 3.05) is 26.7 Å². The summed E-state index contributed by atoms with van der Waals surface area (Å²) in [6, 6.07) is 13.9. The average Bonchev–Trinajstić information content (AvgIpc) is 2.67. The summed E-state index contributed by atoms with van der Waals surface area (Å²) < 4.78 is 18.8. The molecule has 2 atom stereocenters. The van der Waals surface area contributed by atoms with Gasteiger partial charge >= 0.3 is 0 Å².